The van der Waals surface area contributed by atoms with Gasteiger partial charge in [-0.1, -0.05) is 29.8 Å². The van der Waals surface area contributed by atoms with E-state index < -0.39 is 16.8 Å². The Morgan fingerprint density at radius 1 is 1.16 bits per heavy atom. The number of nitrogens with zero attached hydrogens (tertiary/aromatic N) is 1. The third kappa shape index (κ3) is 4.94. The van der Waals surface area contributed by atoms with Gasteiger partial charge in [0.2, 0.25) is 5.91 Å². The van der Waals surface area contributed by atoms with Crippen LogP contribution in [0.5, 0.6) is 5.75 Å². The number of thiophene rings is 1. The Hall–Kier alpha value is -3.72. The molecule has 1 N–H and O–H groups in total. The maximum Gasteiger partial charge on any atom is 0.341 e. The first-order chi connectivity index (χ1) is 15.3. The minimum absolute atomic E-state index is 0.135. The molecular weight excluding hydrogens is 432 g/mol. The second kappa shape index (κ2) is 10.1. The molecule has 0 aliphatic carbocycles. The molecular formula is C23H22N2O6S. The van der Waals surface area contributed by atoms with Gasteiger partial charge in [-0.2, -0.15) is 0 Å². The number of nitro groups is 1. The van der Waals surface area contributed by atoms with Crippen LogP contribution in [0.15, 0.2) is 47.8 Å². The quantitative estimate of drug-likeness (QED) is 0.292. The fourth-order valence-corrected chi connectivity index (χ4v) is 4.23. The molecule has 32 heavy (non-hydrogen) atoms. The van der Waals surface area contributed by atoms with Crippen molar-refractivity contribution in [2.45, 2.75) is 20.3 Å². The number of methoxy groups -OCH3 is 1. The number of amides is 1. The molecule has 1 aromatic heterocycles. The van der Waals surface area contributed by atoms with Crippen molar-refractivity contribution in [1.82, 2.24) is 0 Å². The van der Waals surface area contributed by atoms with Gasteiger partial charge in [-0.15, -0.1) is 11.3 Å². The first-order valence-electron chi connectivity index (χ1n) is 9.81. The lowest BCUT2D eigenvalue weighted by Gasteiger charge is -2.12. The Morgan fingerprint density at radius 2 is 1.91 bits per heavy atom. The average molecular weight is 455 g/mol. The SMILES string of the molecule is CCOC(=O)c1c(-c2cc(C)ccc2OC)csc1NC(=O)Cc1ccccc1[N+](=O)[O-]. The molecule has 0 spiro atoms. The molecule has 2 aromatic carbocycles. The zero-order valence-corrected chi connectivity index (χ0v) is 18.7. The summed E-state index contributed by atoms with van der Waals surface area (Å²) in [6.45, 7) is 3.79. The van der Waals surface area contributed by atoms with Gasteiger partial charge in [-0.05, 0) is 26.0 Å². The molecule has 166 valence electrons. The third-order valence-corrected chi connectivity index (χ3v) is 5.60. The Morgan fingerprint density at radius 3 is 2.59 bits per heavy atom. The van der Waals surface area contributed by atoms with Gasteiger partial charge in [0, 0.05) is 28.1 Å². The van der Waals surface area contributed by atoms with Gasteiger partial charge in [-0.25, -0.2) is 4.79 Å². The molecule has 1 amide bonds. The van der Waals surface area contributed by atoms with Crippen LogP contribution in [0.25, 0.3) is 11.1 Å². The van der Waals surface area contributed by atoms with Gasteiger partial charge >= 0.3 is 5.97 Å². The predicted molar refractivity (Wildman–Crippen MR) is 122 cm³/mol. The van der Waals surface area contributed by atoms with E-state index in [1.165, 1.54) is 23.5 Å². The van der Waals surface area contributed by atoms with Crippen molar-refractivity contribution in [2.24, 2.45) is 0 Å². The largest absolute Gasteiger partial charge is 0.496 e. The van der Waals surface area contributed by atoms with Crippen LogP contribution < -0.4 is 10.1 Å². The Kier molecular flexibility index (Phi) is 7.21. The van der Waals surface area contributed by atoms with E-state index in [0.29, 0.717) is 21.9 Å². The number of carbonyl (C=O) groups is 2. The summed E-state index contributed by atoms with van der Waals surface area (Å²) in [6, 6.07) is 11.6. The molecule has 3 rings (SSSR count). The molecule has 1 heterocycles. The predicted octanol–water partition coefficient (Wildman–Crippen LogP) is 5.00. The van der Waals surface area contributed by atoms with E-state index in [2.05, 4.69) is 5.32 Å². The Labute approximate surface area is 188 Å². The molecule has 0 atom stereocenters. The molecule has 0 radical (unpaired) electrons. The summed E-state index contributed by atoms with van der Waals surface area (Å²) < 4.78 is 10.7. The van der Waals surface area contributed by atoms with Crippen molar-refractivity contribution in [3.63, 3.8) is 0 Å². The van der Waals surface area contributed by atoms with Crippen molar-refractivity contribution >= 4 is 33.9 Å². The van der Waals surface area contributed by atoms with E-state index >= 15 is 0 Å². The summed E-state index contributed by atoms with van der Waals surface area (Å²) in [5, 5.41) is 16.0. The molecule has 9 heteroatoms. The van der Waals surface area contributed by atoms with E-state index in [4.69, 9.17) is 9.47 Å². The highest BCUT2D eigenvalue weighted by molar-refractivity contribution is 7.15. The Balaban J connectivity index is 1.98. The van der Waals surface area contributed by atoms with E-state index in [0.717, 1.165) is 5.56 Å². The number of anilines is 1. The summed E-state index contributed by atoms with van der Waals surface area (Å²) in [5.41, 5.74) is 2.62. The number of benzene rings is 2. The summed E-state index contributed by atoms with van der Waals surface area (Å²) in [5.74, 6) is -0.473. The van der Waals surface area contributed by atoms with Gasteiger partial charge in [0.05, 0.1) is 25.1 Å². The van der Waals surface area contributed by atoms with E-state index in [1.807, 2.05) is 25.1 Å². The summed E-state index contributed by atoms with van der Waals surface area (Å²) in [7, 11) is 1.54. The van der Waals surface area contributed by atoms with Crippen LogP contribution in [0.1, 0.15) is 28.4 Å². The number of esters is 1. The monoisotopic (exact) mass is 454 g/mol. The van der Waals surface area contributed by atoms with E-state index in [1.54, 1.807) is 31.5 Å². The molecule has 0 aliphatic heterocycles. The lowest BCUT2D eigenvalue weighted by molar-refractivity contribution is -0.385. The highest BCUT2D eigenvalue weighted by atomic mass is 32.1. The smallest absolute Gasteiger partial charge is 0.341 e. The number of para-hydroxylation sites is 1. The van der Waals surface area contributed by atoms with Crippen LogP contribution in [0, 0.1) is 17.0 Å². The van der Waals surface area contributed by atoms with Gasteiger partial charge in [0.1, 0.15) is 16.3 Å². The molecule has 0 unspecified atom stereocenters. The fourth-order valence-electron chi connectivity index (χ4n) is 3.27. The summed E-state index contributed by atoms with van der Waals surface area (Å²) >= 11 is 1.18. The van der Waals surface area contributed by atoms with Crippen molar-refractivity contribution < 1.29 is 24.0 Å². The van der Waals surface area contributed by atoms with Crippen molar-refractivity contribution in [3.8, 4) is 16.9 Å². The molecule has 0 bridgehead atoms. The lowest BCUT2D eigenvalue weighted by Crippen LogP contribution is -2.17. The van der Waals surface area contributed by atoms with Crippen LogP contribution >= 0.6 is 11.3 Å². The highest BCUT2D eigenvalue weighted by Crippen LogP contribution is 2.40. The van der Waals surface area contributed by atoms with Crippen molar-refractivity contribution in [1.29, 1.82) is 0 Å². The molecule has 8 nitrogen and oxygen atoms in total. The second-order valence-electron chi connectivity index (χ2n) is 6.89. The topological polar surface area (TPSA) is 108 Å². The minimum atomic E-state index is -0.576. The highest BCUT2D eigenvalue weighted by Gasteiger charge is 2.25. The maximum absolute atomic E-state index is 12.8. The summed E-state index contributed by atoms with van der Waals surface area (Å²) in [4.78, 5) is 36.2. The molecule has 0 aliphatic rings. The minimum Gasteiger partial charge on any atom is -0.496 e. The fraction of sp³-hybridized carbons (Fsp3) is 0.217. The molecule has 0 saturated heterocycles. The molecule has 0 saturated carbocycles. The second-order valence-corrected chi connectivity index (χ2v) is 7.77. The van der Waals surface area contributed by atoms with Gasteiger partial charge < -0.3 is 14.8 Å². The van der Waals surface area contributed by atoms with Gasteiger partial charge in [0.15, 0.2) is 0 Å². The van der Waals surface area contributed by atoms with Gasteiger partial charge in [-0.3, -0.25) is 14.9 Å². The third-order valence-electron chi connectivity index (χ3n) is 4.71. The average Bonchev–Trinajstić information content (AvgIpc) is 3.17. The number of ether oxygens (including phenoxy) is 2. The van der Waals surface area contributed by atoms with Crippen LogP contribution in [0.2, 0.25) is 0 Å². The van der Waals surface area contributed by atoms with Crippen LogP contribution in [0.4, 0.5) is 10.7 Å². The first-order valence-corrected chi connectivity index (χ1v) is 10.7. The van der Waals surface area contributed by atoms with E-state index in [-0.39, 0.29) is 29.8 Å². The van der Waals surface area contributed by atoms with Crippen LogP contribution in [-0.2, 0) is 16.0 Å². The lowest BCUT2D eigenvalue weighted by atomic mass is 10.0. The van der Waals surface area contributed by atoms with Gasteiger partial charge in [0.25, 0.3) is 5.69 Å². The number of carbonyl (C=O) groups excluding carboxylic acids is 2. The summed E-state index contributed by atoms with van der Waals surface area (Å²) in [6.07, 6.45) is -0.208. The van der Waals surface area contributed by atoms with E-state index in [9.17, 15) is 19.7 Å². The van der Waals surface area contributed by atoms with Crippen LogP contribution in [0.3, 0.4) is 0 Å². The molecule has 3 aromatic rings. The Bertz CT molecular complexity index is 1170. The number of nitrogens with one attached hydrogen (secondary N) is 1. The zero-order chi connectivity index (χ0) is 23.3. The standard InChI is InChI=1S/C23H22N2O6S/c1-4-31-23(27)21-17(16-11-14(2)9-10-19(16)30-3)13-32-22(21)24-20(26)12-15-7-5-6-8-18(15)25(28)29/h5-11,13H,4,12H2,1-3H3,(H,24,26). The number of hydrogen-bond acceptors (Lipinski definition) is 7. The number of rotatable bonds is 8. The zero-order valence-electron chi connectivity index (χ0n) is 17.8. The number of nitro benzene ring substituents is 1. The molecule has 0 fully saturated rings. The number of hydrogen-bond donors (Lipinski definition) is 1. The van der Waals surface area contributed by atoms with Crippen molar-refractivity contribution in [2.75, 3.05) is 19.0 Å². The van der Waals surface area contributed by atoms with Crippen molar-refractivity contribution in [3.05, 3.63) is 74.6 Å². The normalized spacial score (nSPS) is 10.5. The van der Waals surface area contributed by atoms with Crippen LogP contribution in [-0.4, -0.2) is 30.5 Å². The number of aryl methyl sites for hydroxylation is 1. The first kappa shape index (κ1) is 23.0. The maximum atomic E-state index is 12.8.